The van der Waals surface area contributed by atoms with Gasteiger partial charge in [0.2, 0.25) is 0 Å². The fourth-order valence-corrected chi connectivity index (χ4v) is 1.67. The third kappa shape index (κ3) is 1.37. The molecule has 0 amide bonds. The Labute approximate surface area is 70.8 Å². The molecule has 0 saturated carbocycles. The second kappa shape index (κ2) is 3.27. The highest BCUT2D eigenvalue weighted by molar-refractivity contribution is 5.13. The van der Waals surface area contributed by atoms with Gasteiger partial charge < -0.3 is 9.73 Å². The van der Waals surface area contributed by atoms with Gasteiger partial charge in [-0.3, -0.25) is 0 Å². The van der Waals surface area contributed by atoms with Gasteiger partial charge in [0.25, 0.3) is 6.01 Å². The average Bonchev–Trinajstić information content (AvgIpc) is 2.53. The molecule has 2 heterocycles. The van der Waals surface area contributed by atoms with Crippen LogP contribution in [0.3, 0.4) is 0 Å². The molecule has 1 aliphatic rings. The van der Waals surface area contributed by atoms with Crippen molar-refractivity contribution in [1.82, 2.24) is 5.32 Å². The Morgan fingerprint density at radius 3 is 3.00 bits per heavy atom. The summed E-state index contributed by atoms with van der Waals surface area (Å²) >= 11 is 0. The van der Waals surface area contributed by atoms with Crippen LogP contribution in [0.5, 0.6) is 0 Å². The minimum absolute atomic E-state index is 0.164. The van der Waals surface area contributed by atoms with Crippen molar-refractivity contribution in [2.45, 2.75) is 25.3 Å². The summed E-state index contributed by atoms with van der Waals surface area (Å²) in [7, 11) is 0. The van der Waals surface area contributed by atoms with E-state index in [1.54, 1.807) is 6.07 Å². The summed E-state index contributed by atoms with van der Waals surface area (Å²) in [5.41, 5.74) is 0.676. The molecule has 1 aromatic rings. The molecule has 66 valence electrons. The van der Waals surface area contributed by atoms with E-state index in [4.69, 9.17) is 0 Å². The summed E-state index contributed by atoms with van der Waals surface area (Å²) in [6, 6.07) is 1.44. The molecule has 2 nitrogen and oxygen atoms in total. The molecule has 0 aliphatic carbocycles. The predicted octanol–water partition coefficient (Wildman–Crippen LogP) is 2.23. The second-order valence-corrected chi connectivity index (χ2v) is 3.15. The first kappa shape index (κ1) is 7.80. The summed E-state index contributed by atoms with van der Waals surface area (Å²) in [5.74, 6) is 0. The van der Waals surface area contributed by atoms with Gasteiger partial charge >= 0.3 is 0 Å². The van der Waals surface area contributed by atoms with Crippen molar-refractivity contribution in [3.05, 3.63) is 23.9 Å². The van der Waals surface area contributed by atoms with Crippen LogP contribution < -0.4 is 5.32 Å². The van der Waals surface area contributed by atoms with Crippen LogP contribution in [0, 0.1) is 6.01 Å². The maximum Gasteiger partial charge on any atom is 0.282 e. The molecule has 12 heavy (non-hydrogen) atoms. The maximum atomic E-state index is 12.9. The third-order valence-corrected chi connectivity index (χ3v) is 2.33. The van der Waals surface area contributed by atoms with Crippen molar-refractivity contribution >= 4 is 0 Å². The largest absolute Gasteiger partial charge is 0.439 e. The van der Waals surface area contributed by atoms with Crippen LogP contribution in [-0.2, 0) is 0 Å². The molecule has 1 aromatic heterocycles. The lowest BCUT2D eigenvalue weighted by Gasteiger charge is -2.21. The standard InChI is InChI=1S/C9H12FNO/c10-9-7(4-6-12-9)8-3-1-2-5-11-8/h4,6,8,11H,1-3,5H2. The molecule has 1 aliphatic heterocycles. The van der Waals surface area contributed by atoms with Crippen molar-refractivity contribution in [3.8, 4) is 0 Å². The Kier molecular flexibility index (Phi) is 2.13. The summed E-state index contributed by atoms with van der Waals surface area (Å²) in [5, 5.41) is 3.26. The van der Waals surface area contributed by atoms with Crippen molar-refractivity contribution in [1.29, 1.82) is 0 Å². The van der Waals surface area contributed by atoms with Gasteiger partial charge in [0.15, 0.2) is 0 Å². The van der Waals surface area contributed by atoms with E-state index in [9.17, 15) is 4.39 Å². The smallest absolute Gasteiger partial charge is 0.282 e. The zero-order valence-electron chi connectivity index (χ0n) is 6.85. The number of halogens is 1. The van der Waals surface area contributed by atoms with E-state index in [-0.39, 0.29) is 6.04 Å². The first-order valence-electron chi connectivity index (χ1n) is 4.34. The van der Waals surface area contributed by atoms with Crippen LogP contribution in [0.1, 0.15) is 30.9 Å². The molecule has 0 radical (unpaired) electrons. The normalized spacial score (nSPS) is 24.2. The molecule has 1 unspecified atom stereocenters. The van der Waals surface area contributed by atoms with E-state index < -0.39 is 6.01 Å². The highest BCUT2D eigenvalue weighted by atomic mass is 19.1. The molecule has 0 aromatic carbocycles. The van der Waals surface area contributed by atoms with Crippen LogP contribution in [0.2, 0.25) is 0 Å². The molecule has 1 N–H and O–H groups in total. The molecule has 1 fully saturated rings. The van der Waals surface area contributed by atoms with E-state index in [0.717, 1.165) is 13.0 Å². The van der Waals surface area contributed by atoms with Crippen LogP contribution in [0.15, 0.2) is 16.7 Å². The van der Waals surface area contributed by atoms with E-state index in [1.807, 2.05) is 0 Å². The topological polar surface area (TPSA) is 25.2 Å². The van der Waals surface area contributed by atoms with Gasteiger partial charge in [-0.05, 0) is 25.5 Å². The van der Waals surface area contributed by atoms with E-state index in [1.165, 1.54) is 19.1 Å². The Morgan fingerprint density at radius 2 is 2.42 bits per heavy atom. The van der Waals surface area contributed by atoms with Crippen molar-refractivity contribution in [2.75, 3.05) is 6.54 Å². The minimum Gasteiger partial charge on any atom is -0.439 e. The number of nitrogens with one attached hydrogen (secondary N) is 1. The fraction of sp³-hybridized carbons (Fsp3) is 0.556. The van der Waals surface area contributed by atoms with Crippen LogP contribution in [-0.4, -0.2) is 6.54 Å². The first-order valence-corrected chi connectivity index (χ1v) is 4.34. The van der Waals surface area contributed by atoms with Crippen LogP contribution in [0.25, 0.3) is 0 Å². The molecule has 3 heteroatoms. The third-order valence-electron chi connectivity index (χ3n) is 2.33. The number of furan rings is 1. The lowest BCUT2D eigenvalue weighted by atomic mass is 10.00. The van der Waals surface area contributed by atoms with Gasteiger partial charge in [0.1, 0.15) is 0 Å². The SMILES string of the molecule is Fc1occc1C1CCCCN1. The molecular weight excluding hydrogens is 157 g/mol. The molecule has 1 atom stereocenters. The quantitative estimate of drug-likeness (QED) is 0.697. The summed E-state index contributed by atoms with van der Waals surface area (Å²) in [6.07, 6.45) is 4.77. The monoisotopic (exact) mass is 169 g/mol. The number of hydrogen-bond acceptors (Lipinski definition) is 2. The number of rotatable bonds is 1. The average molecular weight is 169 g/mol. The lowest BCUT2D eigenvalue weighted by Crippen LogP contribution is -2.26. The zero-order chi connectivity index (χ0) is 8.39. The second-order valence-electron chi connectivity index (χ2n) is 3.15. The molecule has 0 spiro atoms. The lowest BCUT2D eigenvalue weighted by molar-refractivity contribution is 0.329. The summed E-state index contributed by atoms with van der Waals surface area (Å²) in [6.45, 7) is 0.981. The van der Waals surface area contributed by atoms with Crippen LogP contribution >= 0.6 is 0 Å². The van der Waals surface area contributed by atoms with Crippen molar-refractivity contribution in [3.63, 3.8) is 0 Å². The van der Waals surface area contributed by atoms with E-state index >= 15 is 0 Å². The molecule has 2 rings (SSSR count). The molecular formula is C9H12FNO. The molecule has 1 saturated heterocycles. The Bertz CT molecular complexity index is 253. The Hall–Kier alpha value is -0.830. The van der Waals surface area contributed by atoms with Crippen LogP contribution in [0.4, 0.5) is 4.39 Å². The molecule has 0 bridgehead atoms. The minimum atomic E-state index is -0.436. The van der Waals surface area contributed by atoms with Crippen molar-refractivity contribution < 1.29 is 8.81 Å². The van der Waals surface area contributed by atoms with Gasteiger partial charge in [0.05, 0.1) is 6.26 Å². The number of piperidine rings is 1. The van der Waals surface area contributed by atoms with Gasteiger partial charge in [0, 0.05) is 11.6 Å². The summed E-state index contributed by atoms with van der Waals surface area (Å²) in [4.78, 5) is 0. The summed E-state index contributed by atoms with van der Waals surface area (Å²) < 4.78 is 17.5. The van der Waals surface area contributed by atoms with Gasteiger partial charge in [-0.1, -0.05) is 6.42 Å². The van der Waals surface area contributed by atoms with E-state index in [2.05, 4.69) is 9.73 Å². The number of hydrogen-bond donors (Lipinski definition) is 1. The van der Waals surface area contributed by atoms with E-state index in [0.29, 0.717) is 5.56 Å². The highest BCUT2D eigenvalue weighted by Gasteiger charge is 2.19. The van der Waals surface area contributed by atoms with Gasteiger partial charge in [-0.25, -0.2) is 0 Å². The predicted molar refractivity (Wildman–Crippen MR) is 43.3 cm³/mol. The fourth-order valence-electron chi connectivity index (χ4n) is 1.67. The zero-order valence-corrected chi connectivity index (χ0v) is 6.85. The Balaban J connectivity index is 2.13. The van der Waals surface area contributed by atoms with Gasteiger partial charge in [-0.2, -0.15) is 4.39 Å². The highest BCUT2D eigenvalue weighted by Crippen LogP contribution is 2.25. The maximum absolute atomic E-state index is 12.9. The van der Waals surface area contributed by atoms with Gasteiger partial charge in [-0.15, -0.1) is 0 Å². The van der Waals surface area contributed by atoms with Crippen molar-refractivity contribution in [2.24, 2.45) is 0 Å². The first-order chi connectivity index (χ1) is 5.88. The Morgan fingerprint density at radius 1 is 1.50 bits per heavy atom.